The lowest BCUT2D eigenvalue weighted by Crippen LogP contribution is -2.21. The average Bonchev–Trinajstić information content (AvgIpc) is 2.27. The van der Waals surface area contributed by atoms with Crippen molar-refractivity contribution in [3.05, 3.63) is 0 Å². The van der Waals surface area contributed by atoms with Gasteiger partial charge >= 0.3 is 0 Å². The van der Waals surface area contributed by atoms with Crippen molar-refractivity contribution < 1.29 is 10.2 Å². The molecule has 0 aromatic carbocycles. The fourth-order valence-electron chi connectivity index (χ4n) is 1.39. The molecule has 3 atom stereocenters. The van der Waals surface area contributed by atoms with Crippen LogP contribution in [0.5, 0.6) is 0 Å². The van der Waals surface area contributed by atoms with Crippen LogP contribution in [0.25, 0.3) is 0 Å². The lowest BCUT2D eigenvalue weighted by molar-refractivity contribution is 0.0463. The molecule has 2 N–H and O–H groups in total. The average molecular weight is 232 g/mol. The van der Waals surface area contributed by atoms with Gasteiger partial charge in [-0.2, -0.15) is 0 Å². The summed E-state index contributed by atoms with van der Waals surface area (Å²) in [5.74, 6) is 0.472. The van der Waals surface area contributed by atoms with Crippen LogP contribution >= 0.6 is 0 Å². The summed E-state index contributed by atoms with van der Waals surface area (Å²) in [6.45, 7) is 12.2. The number of hydrogen-bond donors (Lipinski definition) is 2. The summed E-state index contributed by atoms with van der Waals surface area (Å²) in [5, 5.41) is 18.4. The Kier molecular flexibility index (Phi) is 11.5. The predicted molar refractivity (Wildman–Crippen MR) is 71.6 cm³/mol. The standard InChI is InChI=1S/2C7H16O/c1-4-6-7(3,8)5-2;1-4-6(3)7(8)5-2/h8H,4-6H2,1-3H3;6-8H,4-5H2,1-3H3. The molecule has 3 unspecified atom stereocenters. The second-order valence-corrected chi connectivity index (χ2v) is 4.96. The van der Waals surface area contributed by atoms with Crippen molar-refractivity contribution in [3.8, 4) is 0 Å². The number of rotatable bonds is 6. The van der Waals surface area contributed by atoms with E-state index in [2.05, 4.69) is 20.8 Å². The molecule has 0 aliphatic heterocycles. The van der Waals surface area contributed by atoms with E-state index in [9.17, 15) is 5.11 Å². The zero-order valence-corrected chi connectivity index (χ0v) is 12.1. The van der Waals surface area contributed by atoms with Crippen LogP contribution < -0.4 is 0 Å². The van der Waals surface area contributed by atoms with Crippen LogP contribution in [0.15, 0.2) is 0 Å². The van der Waals surface area contributed by atoms with E-state index < -0.39 is 5.60 Å². The largest absolute Gasteiger partial charge is 0.393 e. The Morgan fingerprint density at radius 3 is 1.69 bits per heavy atom. The van der Waals surface area contributed by atoms with Crippen LogP contribution in [-0.4, -0.2) is 21.9 Å². The van der Waals surface area contributed by atoms with E-state index in [-0.39, 0.29) is 6.10 Å². The van der Waals surface area contributed by atoms with Gasteiger partial charge in [0.05, 0.1) is 11.7 Å². The summed E-state index contributed by atoms with van der Waals surface area (Å²) in [6.07, 6.45) is 4.73. The van der Waals surface area contributed by atoms with Gasteiger partial charge in [0.15, 0.2) is 0 Å². The van der Waals surface area contributed by atoms with Crippen molar-refractivity contribution >= 4 is 0 Å². The maximum atomic E-state index is 9.32. The van der Waals surface area contributed by atoms with Gasteiger partial charge in [-0.25, -0.2) is 0 Å². The van der Waals surface area contributed by atoms with Gasteiger partial charge in [0.1, 0.15) is 0 Å². The van der Waals surface area contributed by atoms with Crippen molar-refractivity contribution in [1.29, 1.82) is 0 Å². The van der Waals surface area contributed by atoms with Crippen LogP contribution in [0.2, 0.25) is 0 Å². The predicted octanol–water partition coefficient (Wildman–Crippen LogP) is 3.75. The van der Waals surface area contributed by atoms with E-state index in [4.69, 9.17) is 5.11 Å². The maximum Gasteiger partial charge on any atom is 0.0617 e. The van der Waals surface area contributed by atoms with E-state index >= 15 is 0 Å². The van der Waals surface area contributed by atoms with Crippen molar-refractivity contribution in [2.75, 3.05) is 0 Å². The van der Waals surface area contributed by atoms with Crippen LogP contribution in [0.3, 0.4) is 0 Å². The highest BCUT2D eigenvalue weighted by Gasteiger charge is 2.14. The molecule has 16 heavy (non-hydrogen) atoms. The van der Waals surface area contributed by atoms with E-state index in [1.807, 2.05) is 20.8 Å². The summed E-state index contributed by atoms with van der Waals surface area (Å²) >= 11 is 0. The first-order valence-corrected chi connectivity index (χ1v) is 6.74. The maximum absolute atomic E-state index is 9.32. The lowest BCUT2D eigenvalue weighted by atomic mass is 9.98. The molecule has 0 radical (unpaired) electrons. The Hall–Kier alpha value is -0.0800. The molecule has 100 valence electrons. The fourth-order valence-corrected chi connectivity index (χ4v) is 1.39. The summed E-state index contributed by atoms with van der Waals surface area (Å²) in [5.41, 5.74) is -0.408. The molecule has 0 aromatic heterocycles. The van der Waals surface area contributed by atoms with Crippen molar-refractivity contribution in [2.24, 2.45) is 5.92 Å². The molecular weight excluding hydrogens is 200 g/mol. The third-order valence-electron chi connectivity index (χ3n) is 3.27. The Bertz CT molecular complexity index is 136. The summed E-state index contributed by atoms with van der Waals surface area (Å²) in [7, 11) is 0. The van der Waals surface area contributed by atoms with Crippen LogP contribution in [0.1, 0.15) is 73.6 Å². The quantitative estimate of drug-likeness (QED) is 0.732. The summed E-state index contributed by atoms with van der Waals surface area (Å²) < 4.78 is 0. The highest BCUT2D eigenvalue weighted by molar-refractivity contribution is 4.67. The van der Waals surface area contributed by atoms with Crippen molar-refractivity contribution in [3.63, 3.8) is 0 Å². The van der Waals surface area contributed by atoms with Gasteiger partial charge in [0.25, 0.3) is 0 Å². The van der Waals surface area contributed by atoms with Crippen molar-refractivity contribution in [2.45, 2.75) is 85.4 Å². The smallest absolute Gasteiger partial charge is 0.0617 e. The summed E-state index contributed by atoms with van der Waals surface area (Å²) in [6, 6.07) is 0. The molecule has 2 heteroatoms. The zero-order valence-electron chi connectivity index (χ0n) is 12.1. The molecule has 0 fully saturated rings. The molecule has 0 aromatic rings. The highest BCUT2D eigenvalue weighted by atomic mass is 16.3. The van der Waals surface area contributed by atoms with Crippen molar-refractivity contribution in [1.82, 2.24) is 0 Å². The topological polar surface area (TPSA) is 40.5 Å². The Morgan fingerprint density at radius 1 is 1.06 bits per heavy atom. The Morgan fingerprint density at radius 2 is 1.56 bits per heavy atom. The molecule has 0 aliphatic rings. The van der Waals surface area contributed by atoms with E-state index in [1.54, 1.807) is 0 Å². The van der Waals surface area contributed by atoms with Crippen LogP contribution in [0.4, 0.5) is 0 Å². The zero-order chi connectivity index (χ0) is 13.2. The lowest BCUT2D eigenvalue weighted by Gasteiger charge is -2.19. The number of hydrogen-bond acceptors (Lipinski definition) is 2. The molecule has 0 aliphatic carbocycles. The first-order chi connectivity index (χ1) is 7.34. The number of aliphatic hydroxyl groups excluding tert-OH is 1. The third-order valence-corrected chi connectivity index (χ3v) is 3.27. The van der Waals surface area contributed by atoms with E-state index in [0.717, 1.165) is 32.1 Å². The second kappa shape index (κ2) is 10.1. The van der Waals surface area contributed by atoms with Gasteiger partial charge in [0.2, 0.25) is 0 Å². The molecule has 0 heterocycles. The molecular formula is C14H32O2. The molecule has 0 amide bonds. The second-order valence-electron chi connectivity index (χ2n) is 4.96. The minimum absolute atomic E-state index is 0.0833. The van der Waals surface area contributed by atoms with Gasteiger partial charge in [0, 0.05) is 0 Å². The summed E-state index contributed by atoms with van der Waals surface area (Å²) in [4.78, 5) is 0. The minimum atomic E-state index is -0.408. The molecule has 0 saturated heterocycles. The number of aliphatic hydroxyl groups is 2. The Balaban J connectivity index is 0. The van der Waals surface area contributed by atoms with E-state index in [1.165, 1.54) is 0 Å². The molecule has 0 saturated carbocycles. The van der Waals surface area contributed by atoms with Crippen LogP contribution in [-0.2, 0) is 0 Å². The minimum Gasteiger partial charge on any atom is -0.393 e. The monoisotopic (exact) mass is 232 g/mol. The molecule has 2 nitrogen and oxygen atoms in total. The van der Waals surface area contributed by atoms with E-state index in [0.29, 0.717) is 5.92 Å². The first kappa shape index (κ1) is 18.3. The van der Waals surface area contributed by atoms with Gasteiger partial charge in [-0.1, -0.05) is 47.5 Å². The van der Waals surface area contributed by atoms with Gasteiger partial charge in [-0.3, -0.25) is 0 Å². The third kappa shape index (κ3) is 10.4. The normalized spacial score (nSPS) is 18.0. The fraction of sp³-hybridized carbons (Fsp3) is 1.00. The molecule has 0 spiro atoms. The van der Waals surface area contributed by atoms with Crippen LogP contribution in [0, 0.1) is 5.92 Å². The highest BCUT2D eigenvalue weighted by Crippen LogP contribution is 2.14. The van der Waals surface area contributed by atoms with Gasteiger partial charge in [-0.05, 0) is 32.1 Å². The Labute approximate surface area is 102 Å². The SMILES string of the molecule is CCC(C)C(O)CC.CCCC(C)(O)CC. The van der Waals surface area contributed by atoms with Gasteiger partial charge < -0.3 is 10.2 Å². The first-order valence-electron chi connectivity index (χ1n) is 6.74. The molecule has 0 rings (SSSR count). The van der Waals surface area contributed by atoms with Gasteiger partial charge in [-0.15, -0.1) is 0 Å². The molecule has 0 bridgehead atoms.